The zero-order chi connectivity index (χ0) is 20.9. The molecule has 0 saturated heterocycles. The summed E-state index contributed by atoms with van der Waals surface area (Å²) in [5.41, 5.74) is 0.578. The average Bonchev–Trinajstić information content (AvgIpc) is 3.18. The molecule has 4 fully saturated rings. The minimum Gasteiger partial charge on any atom is -0.344 e. The summed E-state index contributed by atoms with van der Waals surface area (Å²) in [6.07, 6.45) is 9.15. The van der Waals surface area contributed by atoms with Gasteiger partial charge in [0, 0.05) is 0 Å². The fourth-order valence-corrected chi connectivity index (χ4v) is 6.58. The molecule has 6 rings (SSSR count). The quantitative estimate of drug-likeness (QED) is 0.559. The van der Waals surface area contributed by atoms with Crippen LogP contribution in [0.25, 0.3) is 0 Å². The van der Waals surface area contributed by atoms with Crippen molar-refractivity contribution in [2.45, 2.75) is 63.5 Å². The Balaban J connectivity index is 1.45. The molecule has 7 nitrogen and oxygen atoms in total. The number of hydrogen-bond acceptors (Lipinski definition) is 4. The molecule has 1 aromatic heterocycles. The standard InChI is InChI=1S/C23H28N4O3/c1-2-19(18-6-4-3-5-7-18)24-22(28)21-20(27(29)30)14-26(25-21)23-11-15-8-16(12-23)10-17(9-15)13-23/h3-7,14-17,19H,2,8-13H2,1H3,(H,24,28). The summed E-state index contributed by atoms with van der Waals surface area (Å²) in [5, 5.41) is 19.3. The van der Waals surface area contributed by atoms with Crippen LogP contribution in [0.15, 0.2) is 36.5 Å². The summed E-state index contributed by atoms with van der Waals surface area (Å²) >= 11 is 0. The number of nitro groups is 1. The second kappa shape index (κ2) is 7.22. The molecule has 1 atom stereocenters. The fourth-order valence-electron chi connectivity index (χ4n) is 6.58. The van der Waals surface area contributed by atoms with E-state index in [1.807, 2.05) is 37.3 Å². The molecule has 4 saturated carbocycles. The van der Waals surface area contributed by atoms with Crippen molar-refractivity contribution in [2.24, 2.45) is 17.8 Å². The van der Waals surface area contributed by atoms with Crippen molar-refractivity contribution in [2.75, 3.05) is 0 Å². The van der Waals surface area contributed by atoms with Crippen molar-refractivity contribution in [1.29, 1.82) is 0 Å². The number of amides is 1. The van der Waals surface area contributed by atoms with E-state index in [1.54, 1.807) is 4.68 Å². The average molecular weight is 409 g/mol. The summed E-state index contributed by atoms with van der Waals surface area (Å²) < 4.78 is 1.80. The van der Waals surface area contributed by atoms with Crippen LogP contribution in [0.4, 0.5) is 5.69 Å². The van der Waals surface area contributed by atoms with Gasteiger partial charge in [0.1, 0.15) is 6.20 Å². The van der Waals surface area contributed by atoms with Gasteiger partial charge >= 0.3 is 5.69 Å². The number of hydrogen-bond donors (Lipinski definition) is 1. The lowest BCUT2D eigenvalue weighted by Crippen LogP contribution is -2.52. The van der Waals surface area contributed by atoms with Crippen molar-refractivity contribution in [3.8, 4) is 0 Å². The highest BCUT2D eigenvalue weighted by Gasteiger charge is 2.53. The van der Waals surface area contributed by atoms with Crippen LogP contribution in [-0.2, 0) is 5.54 Å². The monoisotopic (exact) mass is 408 g/mol. The number of nitrogens with one attached hydrogen (secondary N) is 1. The van der Waals surface area contributed by atoms with Crippen LogP contribution in [0.2, 0.25) is 0 Å². The fraction of sp³-hybridized carbons (Fsp3) is 0.565. The predicted octanol–water partition coefficient (Wildman–Crippen LogP) is 4.60. The zero-order valence-corrected chi connectivity index (χ0v) is 17.3. The third-order valence-electron chi connectivity index (χ3n) is 7.51. The Kier molecular flexibility index (Phi) is 4.64. The van der Waals surface area contributed by atoms with Crippen molar-refractivity contribution in [1.82, 2.24) is 15.1 Å². The molecule has 158 valence electrons. The maximum absolute atomic E-state index is 13.1. The molecule has 1 N–H and O–H groups in total. The van der Waals surface area contributed by atoms with Gasteiger partial charge in [-0.3, -0.25) is 19.6 Å². The van der Waals surface area contributed by atoms with Gasteiger partial charge in [0.05, 0.1) is 16.5 Å². The number of benzene rings is 1. The first-order valence-corrected chi connectivity index (χ1v) is 11.1. The number of carbonyl (C=O) groups excluding carboxylic acids is 1. The minimum absolute atomic E-state index is 0.0647. The number of nitrogens with zero attached hydrogens (tertiary/aromatic N) is 3. The lowest BCUT2D eigenvalue weighted by molar-refractivity contribution is -0.385. The summed E-state index contributed by atoms with van der Waals surface area (Å²) in [4.78, 5) is 24.4. The van der Waals surface area contributed by atoms with Crippen molar-refractivity contribution < 1.29 is 9.72 Å². The Morgan fingerprint density at radius 3 is 2.33 bits per heavy atom. The van der Waals surface area contributed by atoms with E-state index in [9.17, 15) is 14.9 Å². The van der Waals surface area contributed by atoms with Crippen LogP contribution in [0.1, 0.15) is 74.0 Å². The maximum atomic E-state index is 13.1. The molecule has 0 spiro atoms. The predicted molar refractivity (Wildman–Crippen MR) is 112 cm³/mol. The van der Waals surface area contributed by atoms with Crippen LogP contribution < -0.4 is 5.32 Å². The van der Waals surface area contributed by atoms with Crippen LogP contribution in [0.3, 0.4) is 0 Å². The van der Waals surface area contributed by atoms with Gasteiger partial charge in [-0.05, 0) is 68.3 Å². The Morgan fingerprint density at radius 1 is 1.20 bits per heavy atom. The molecule has 30 heavy (non-hydrogen) atoms. The Morgan fingerprint density at radius 2 is 1.80 bits per heavy atom. The second-order valence-corrected chi connectivity index (χ2v) is 9.55. The van der Waals surface area contributed by atoms with Crippen LogP contribution in [-0.4, -0.2) is 20.6 Å². The molecular weight excluding hydrogens is 380 g/mol. The highest BCUT2D eigenvalue weighted by Crippen LogP contribution is 2.58. The second-order valence-electron chi connectivity index (χ2n) is 9.55. The van der Waals surface area contributed by atoms with Gasteiger partial charge in [-0.25, -0.2) is 0 Å². The Hall–Kier alpha value is -2.70. The van der Waals surface area contributed by atoms with E-state index in [2.05, 4.69) is 10.4 Å². The third-order valence-corrected chi connectivity index (χ3v) is 7.51. The minimum atomic E-state index is -0.471. The number of carbonyl (C=O) groups is 1. The smallest absolute Gasteiger partial charge is 0.320 e. The lowest BCUT2D eigenvalue weighted by atomic mass is 9.53. The molecule has 0 aliphatic heterocycles. The van der Waals surface area contributed by atoms with Crippen molar-refractivity contribution in [3.05, 3.63) is 57.9 Å². The van der Waals surface area contributed by atoms with E-state index in [-0.39, 0.29) is 23.0 Å². The Bertz CT molecular complexity index is 933. The molecule has 2 aromatic rings. The van der Waals surface area contributed by atoms with Gasteiger partial charge in [-0.2, -0.15) is 5.10 Å². The number of rotatable bonds is 6. The molecule has 4 bridgehead atoms. The zero-order valence-electron chi connectivity index (χ0n) is 17.3. The number of aromatic nitrogens is 2. The molecule has 1 heterocycles. The SMILES string of the molecule is CCC(NC(=O)c1nn(C23CC4CC(CC(C4)C2)C3)cc1[N+](=O)[O-])c1ccccc1. The molecule has 4 aliphatic carbocycles. The van der Waals surface area contributed by atoms with E-state index in [0.717, 1.165) is 24.8 Å². The van der Waals surface area contributed by atoms with Crippen molar-refractivity contribution >= 4 is 11.6 Å². The molecule has 1 amide bonds. The van der Waals surface area contributed by atoms with Gasteiger partial charge < -0.3 is 5.32 Å². The summed E-state index contributed by atoms with van der Waals surface area (Å²) in [6.45, 7) is 1.99. The highest BCUT2D eigenvalue weighted by molar-refractivity contribution is 5.96. The molecule has 1 aromatic carbocycles. The first-order valence-electron chi connectivity index (χ1n) is 11.1. The van der Waals surface area contributed by atoms with Gasteiger partial charge in [0.2, 0.25) is 5.69 Å². The van der Waals surface area contributed by atoms with Crippen LogP contribution in [0, 0.1) is 27.9 Å². The van der Waals surface area contributed by atoms with Gasteiger partial charge in [0.15, 0.2) is 0 Å². The summed E-state index contributed by atoms with van der Waals surface area (Å²) in [6, 6.07) is 9.48. The summed E-state index contributed by atoms with van der Waals surface area (Å²) in [5.74, 6) is 1.61. The van der Waals surface area contributed by atoms with Gasteiger partial charge in [0.25, 0.3) is 5.91 Å². The van der Waals surface area contributed by atoms with E-state index >= 15 is 0 Å². The topological polar surface area (TPSA) is 90.1 Å². The molecule has 4 aliphatic rings. The summed E-state index contributed by atoms with van der Waals surface area (Å²) in [7, 11) is 0. The first-order chi connectivity index (χ1) is 14.5. The maximum Gasteiger partial charge on any atom is 0.320 e. The van der Waals surface area contributed by atoms with E-state index < -0.39 is 10.8 Å². The third kappa shape index (κ3) is 3.20. The molecular formula is C23H28N4O3. The normalized spacial score (nSPS) is 30.2. The van der Waals surface area contributed by atoms with E-state index in [1.165, 1.54) is 25.5 Å². The van der Waals surface area contributed by atoms with E-state index in [0.29, 0.717) is 24.2 Å². The highest BCUT2D eigenvalue weighted by atomic mass is 16.6. The molecule has 0 radical (unpaired) electrons. The van der Waals surface area contributed by atoms with Gasteiger partial charge in [-0.15, -0.1) is 0 Å². The molecule has 7 heteroatoms. The van der Waals surface area contributed by atoms with Crippen molar-refractivity contribution in [3.63, 3.8) is 0 Å². The molecule has 1 unspecified atom stereocenters. The first kappa shape index (κ1) is 19.3. The lowest BCUT2D eigenvalue weighted by Gasteiger charge is -2.56. The van der Waals surface area contributed by atoms with Gasteiger partial charge in [-0.1, -0.05) is 37.3 Å². The van der Waals surface area contributed by atoms with Crippen LogP contribution in [0.5, 0.6) is 0 Å². The van der Waals surface area contributed by atoms with Crippen LogP contribution >= 0.6 is 0 Å². The largest absolute Gasteiger partial charge is 0.344 e. The Labute approximate surface area is 176 Å². The van der Waals surface area contributed by atoms with E-state index in [4.69, 9.17) is 0 Å².